The zero-order valence-corrected chi connectivity index (χ0v) is 14.5. The molecule has 0 bridgehead atoms. The third-order valence-corrected chi connectivity index (χ3v) is 3.92. The molecule has 1 aromatic heterocycles. The molecule has 2 N–H and O–H groups in total. The number of hydrogen-bond donors (Lipinski definition) is 2. The Labute approximate surface area is 155 Å². The predicted molar refractivity (Wildman–Crippen MR) is 95.6 cm³/mol. The zero-order valence-electron chi connectivity index (χ0n) is 14.5. The van der Waals surface area contributed by atoms with Crippen molar-refractivity contribution < 1.29 is 22.7 Å². The van der Waals surface area contributed by atoms with Crippen molar-refractivity contribution in [3.63, 3.8) is 0 Å². The van der Waals surface area contributed by atoms with E-state index in [0.717, 1.165) is 10.6 Å². The number of aromatic amines is 1. The number of para-hydroxylation sites is 2. The number of fused-ring (bicyclic) bond motifs is 1. The summed E-state index contributed by atoms with van der Waals surface area (Å²) in [6, 6.07) is 9.06. The van der Waals surface area contributed by atoms with E-state index in [2.05, 4.69) is 15.0 Å². The minimum atomic E-state index is -4.91. The number of ether oxygens (including phenoxy) is 1. The van der Waals surface area contributed by atoms with Gasteiger partial charge < -0.3 is 15.0 Å². The first kappa shape index (κ1) is 19.2. The molecule has 0 saturated heterocycles. The van der Waals surface area contributed by atoms with Crippen molar-refractivity contribution in [2.75, 3.05) is 5.32 Å². The van der Waals surface area contributed by atoms with E-state index in [1.165, 1.54) is 36.4 Å². The fraction of sp³-hybridized carbons (Fsp3) is 0.167. The average Bonchev–Trinajstić information content (AvgIpc) is 2.62. The van der Waals surface area contributed by atoms with Crippen molar-refractivity contribution in [1.29, 1.82) is 0 Å². The van der Waals surface area contributed by atoms with Crippen LogP contribution < -0.4 is 21.3 Å². The number of benzene rings is 2. The average molecular weight is 393 g/mol. The summed E-state index contributed by atoms with van der Waals surface area (Å²) in [6.07, 6.45) is -4.91. The fourth-order valence-electron chi connectivity index (χ4n) is 2.66. The van der Waals surface area contributed by atoms with Gasteiger partial charge in [0.05, 0.1) is 16.6 Å². The van der Waals surface area contributed by atoms with Gasteiger partial charge in [-0.2, -0.15) is 0 Å². The Hall–Kier alpha value is -3.56. The molecule has 7 nitrogen and oxygen atoms in total. The highest BCUT2D eigenvalue weighted by Crippen LogP contribution is 2.30. The minimum Gasteiger partial charge on any atom is -0.404 e. The number of carbonyl (C=O) groups excluding carboxylic acids is 1. The number of carbonyl (C=O) groups is 1. The molecular weight excluding hydrogens is 379 g/mol. The summed E-state index contributed by atoms with van der Waals surface area (Å²) in [5.41, 5.74) is -1.12. The van der Waals surface area contributed by atoms with Crippen LogP contribution in [0.3, 0.4) is 0 Å². The molecule has 0 radical (unpaired) electrons. The van der Waals surface area contributed by atoms with E-state index in [4.69, 9.17) is 0 Å². The molecule has 28 heavy (non-hydrogen) atoms. The number of H-pyrrole nitrogens is 1. The van der Waals surface area contributed by atoms with Crippen LogP contribution in [0.5, 0.6) is 5.75 Å². The quantitative estimate of drug-likeness (QED) is 0.713. The van der Waals surface area contributed by atoms with Gasteiger partial charge in [0.1, 0.15) is 0 Å². The van der Waals surface area contributed by atoms with E-state index >= 15 is 0 Å². The lowest BCUT2D eigenvalue weighted by Crippen LogP contribution is -2.34. The Morgan fingerprint density at radius 1 is 1.18 bits per heavy atom. The third-order valence-electron chi connectivity index (χ3n) is 3.92. The van der Waals surface area contributed by atoms with Crippen LogP contribution in [0, 0.1) is 0 Å². The molecule has 0 atom stereocenters. The van der Waals surface area contributed by atoms with Gasteiger partial charge >= 0.3 is 12.1 Å². The summed E-state index contributed by atoms with van der Waals surface area (Å²) in [6.45, 7) is 1.83. The van der Waals surface area contributed by atoms with Gasteiger partial charge in [-0.05, 0) is 37.3 Å². The van der Waals surface area contributed by atoms with Crippen LogP contribution in [0.1, 0.15) is 17.3 Å². The van der Waals surface area contributed by atoms with Gasteiger partial charge in [-0.3, -0.25) is 14.2 Å². The number of hydrogen-bond acceptors (Lipinski definition) is 4. The van der Waals surface area contributed by atoms with E-state index in [1.54, 1.807) is 6.92 Å². The second-order valence-electron chi connectivity index (χ2n) is 5.74. The number of anilines is 1. The normalized spacial score (nSPS) is 11.4. The summed E-state index contributed by atoms with van der Waals surface area (Å²) in [5, 5.41) is 2.53. The number of nitrogens with one attached hydrogen (secondary N) is 2. The molecule has 2 aromatic carbocycles. The molecule has 0 aliphatic heterocycles. The lowest BCUT2D eigenvalue weighted by molar-refractivity contribution is -0.274. The van der Waals surface area contributed by atoms with E-state index in [-0.39, 0.29) is 28.7 Å². The number of aromatic nitrogens is 2. The standard InChI is InChI=1S/C18H14F3N3O4/c1-2-24-16(26)11-8-7-10(9-13(11)23-17(24)27)15(25)22-12-5-3-4-6-14(12)28-18(19,20)21/h3-9H,2H2,1H3,(H,22,25)(H,23,27). The molecule has 0 unspecified atom stereocenters. The van der Waals surface area contributed by atoms with Gasteiger partial charge in [-0.15, -0.1) is 13.2 Å². The van der Waals surface area contributed by atoms with Crippen LogP contribution in [-0.4, -0.2) is 21.8 Å². The second kappa shape index (κ2) is 7.22. The second-order valence-corrected chi connectivity index (χ2v) is 5.74. The van der Waals surface area contributed by atoms with Crippen LogP contribution in [0.25, 0.3) is 10.9 Å². The Kier molecular flexibility index (Phi) is 4.95. The van der Waals surface area contributed by atoms with Crippen LogP contribution in [0.15, 0.2) is 52.1 Å². The number of halogens is 3. The molecule has 146 valence electrons. The number of alkyl halides is 3. The monoisotopic (exact) mass is 393 g/mol. The van der Waals surface area contributed by atoms with Crippen LogP contribution >= 0.6 is 0 Å². The first-order valence-electron chi connectivity index (χ1n) is 8.12. The van der Waals surface area contributed by atoms with Crippen molar-refractivity contribution in [2.45, 2.75) is 19.8 Å². The molecule has 0 fully saturated rings. The summed E-state index contributed by atoms with van der Waals surface area (Å²) in [5.74, 6) is -1.30. The van der Waals surface area contributed by atoms with Crippen LogP contribution in [-0.2, 0) is 6.54 Å². The van der Waals surface area contributed by atoms with E-state index in [0.29, 0.717) is 0 Å². The van der Waals surface area contributed by atoms with Gasteiger partial charge in [-0.25, -0.2) is 4.79 Å². The summed E-state index contributed by atoms with van der Waals surface area (Å²) in [7, 11) is 0. The van der Waals surface area contributed by atoms with Gasteiger partial charge in [0.25, 0.3) is 11.5 Å². The van der Waals surface area contributed by atoms with Crippen molar-refractivity contribution >= 4 is 22.5 Å². The summed E-state index contributed by atoms with van der Waals surface area (Å²) >= 11 is 0. The maximum absolute atomic E-state index is 12.5. The molecule has 0 saturated carbocycles. The largest absolute Gasteiger partial charge is 0.573 e. The number of nitrogens with zero attached hydrogens (tertiary/aromatic N) is 1. The SMILES string of the molecule is CCn1c(=O)[nH]c2cc(C(=O)Nc3ccccc3OC(F)(F)F)ccc2c1=O. The smallest absolute Gasteiger partial charge is 0.404 e. The first-order valence-corrected chi connectivity index (χ1v) is 8.12. The van der Waals surface area contributed by atoms with Crippen LogP contribution in [0.4, 0.5) is 18.9 Å². The first-order chi connectivity index (χ1) is 13.2. The molecule has 0 aliphatic carbocycles. The fourth-order valence-corrected chi connectivity index (χ4v) is 2.66. The molecule has 1 heterocycles. The Balaban J connectivity index is 1.95. The Bertz CT molecular complexity index is 1170. The van der Waals surface area contributed by atoms with Crippen molar-refractivity contribution in [3.8, 4) is 5.75 Å². The van der Waals surface area contributed by atoms with E-state index < -0.39 is 29.3 Å². The van der Waals surface area contributed by atoms with Gasteiger partial charge in [0.15, 0.2) is 5.75 Å². The molecule has 3 rings (SSSR count). The van der Waals surface area contributed by atoms with E-state index in [1.807, 2.05) is 0 Å². The highest BCUT2D eigenvalue weighted by atomic mass is 19.4. The Morgan fingerprint density at radius 3 is 2.57 bits per heavy atom. The lowest BCUT2D eigenvalue weighted by Gasteiger charge is -2.14. The molecule has 0 spiro atoms. The van der Waals surface area contributed by atoms with Gasteiger partial charge in [0, 0.05) is 12.1 Å². The van der Waals surface area contributed by atoms with E-state index in [9.17, 15) is 27.6 Å². The van der Waals surface area contributed by atoms with Gasteiger partial charge in [-0.1, -0.05) is 12.1 Å². The number of amides is 1. The third kappa shape index (κ3) is 3.90. The topological polar surface area (TPSA) is 93.2 Å². The van der Waals surface area contributed by atoms with Crippen LogP contribution in [0.2, 0.25) is 0 Å². The molecule has 0 aliphatic rings. The molecule has 3 aromatic rings. The van der Waals surface area contributed by atoms with Gasteiger partial charge in [0.2, 0.25) is 0 Å². The molecule has 10 heteroatoms. The summed E-state index contributed by atoms with van der Waals surface area (Å²) < 4.78 is 42.4. The predicted octanol–water partition coefficient (Wildman–Crippen LogP) is 2.86. The zero-order chi connectivity index (χ0) is 20.5. The number of rotatable bonds is 4. The Morgan fingerprint density at radius 2 is 1.89 bits per heavy atom. The minimum absolute atomic E-state index is 0.0404. The summed E-state index contributed by atoms with van der Waals surface area (Å²) in [4.78, 5) is 39.1. The highest BCUT2D eigenvalue weighted by molar-refractivity contribution is 6.06. The lowest BCUT2D eigenvalue weighted by atomic mass is 10.1. The van der Waals surface area contributed by atoms with Crippen molar-refractivity contribution in [3.05, 3.63) is 68.9 Å². The maximum Gasteiger partial charge on any atom is 0.573 e. The highest BCUT2D eigenvalue weighted by Gasteiger charge is 2.32. The van der Waals surface area contributed by atoms with Crippen molar-refractivity contribution in [2.24, 2.45) is 0 Å². The molecule has 1 amide bonds. The van der Waals surface area contributed by atoms with Crippen molar-refractivity contribution in [1.82, 2.24) is 9.55 Å². The maximum atomic E-state index is 12.5. The molecular formula is C18H14F3N3O4.